The standard InChI is InChI=1S/C14H23N/c1-5-6-12-7-9-13(10-8-12)14(4,15)11(2)3/h7-11H,5-6,15H2,1-4H3. The third-order valence-corrected chi connectivity index (χ3v) is 3.31. The molecule has 0 fully saturated rings. The van der Waals surface area contributed by atoms with Crippen LogP contribution in [0.5, 0.6) is 0 Å². The van der Waals surface area contributed by atoms with Crippen LogP contribution in [0.2, 0.25) is 0 Å². The van der Waals surface area contributed by atoms with Gasteiger partial charge in [0.1, 0.15) is 0 Å². The van der Waals surface area contributed by atoms with Crippen molar-refractivity contribution in [3.05, 3.63) is 35.4 Å². The van der Waals surface area contributed by atoms with Gasteiger partial charge in [0.05, 0.1) is 0 Å². The average molecular weight is 205 g/mol. The van der Waals surface area contributed by atoms with E-state index in [9.17, 15) is 0 Å². The normalized spacial score (nSPS) is 15.3. The molecule has 0 aliphatic heterocycles. The number of rotatable bonds is 4. The summed E-state index contributed by atoms with van der Waals surface area (Å²) in [6.07, 6.45) is 2.35. The maximum absolute atomic E-state index is 6.30. The van der Waals surface area contributed by atoms with E-state index in [1.165, 1.54) is 17.5 Å². The molecule has 0 saturated heterocycles. The minimum Gasteiger partial charge on any atom is -0.321 e. The molecule has 0 aliphatic carbocycles. The summed E-state index contributed by atoms with van der Waals surface area (Å²) in [6, 6.07) is 8.74. The van der Waals surface area contributed by atoms with E-state index in [4.69, 9.17) is 5.73 Å². The summed E-state index contributed by atoms with van der Waals surface area (Å²) < 4.78 is 0. The predicted molar refractivity (Wildman–Crippen MR) is 66.8 cm³/mol. The van der Waals surface area contributed by atoms with E-state index < -0.39 is 0 Å². The molecule has 2 N–H and O–H groups in total. The van der Waals surface area contributed by atoms with Crippen LogP contribution < -0.4 is 5.73 Å². The van der Waals surface area contributed by atoms with Crippen molar-refractivity contribution < 1.29 is 0 Å². The third kappa shape index (κ3) is 2.82. The van der Waals surface area contributed by atoms with Crippen LogP contribution >= 0.6 is 0 Å². The van der Waals surface area contributed by atoms with Gasteiger partial charge in [0, 0.05) is 5.54 Å². The fourth-order valence-electron chi connectivity index (χ4n) is 1.65. The predicted octanol–water partition coefficient (Wildman–Crippen LogP) is 3.47. The largest absolute Gasteiger partial charge is 0.321 e. The monoisotopic (exact) mass is 205 g/mol. The van der Waals surface area contributed by atoms with Gasteiger partial charge in [-0.2, -0.15) is 0 Å². The number of hydrogen-bond donors (Lipinski definition) is 1. The van der Waals surface area contributed by atoms with Crippen molar-refractivity contribution in [2.75, 3.05) is 0 Å². The molecule has 15 heavy (non-hydrogen) atoms. The summed E-state index contributed by atoms with van der Waals surface area (Å²) in [7, 11) is 0. The molecule has 1 atom stereocenters. The lowest BCUT2D eigenvalue weighted by Crippen LogP contribution is -2.38. The molecule has 1 rings (SSSR count). The first kappa shape index (κ1) is 12.3. The van der Waals surface area contributed by atoms with Crippen LogP contribution in [0.3, 0.4) is 0 Å². The molecule has 1 unspecified atom stereocenters. The zero-order chi connectivity index (χ0) is 11.5. The summed E-state index contributed by atoms with van der Waals surface area (Å²) in [6.45, 7) is 8.64. The van der Waals surface area contributed by atoms with Gasteiger partial charge in [-0.15, -0.1) is 0 Å². The molecule has 0 bridgehead atoms. The molecule has 84 valence electrons. The Morgan fingerprint density at radius 3 is 2.13 bits per heavy atom. The highest BCUT2D eigenvalue weighted by molar-refractivity contribution is 5.28. The lowest BCUT2D eigenvalue weighted by Gasteiger charge is -2.29. The molecule has 1 aromatic carbocycles. The topological polar surface area (TPSA) is 26.0 Å². The molecular formula is C14H23N. The molecule has 1 nitrogen and oxygen atoms in total. The van der Waals surface area contributed by atoms with Gasteiger partial charge in [-0.3, -0.25) is 0 Å². The first-order chi connectivity index (χ1) is 6.98. The molecule has 1 heteroatoms. The van der Waals surface area contributed by atoms with Crippen molar-refractivity contribution >= 4 is 0 Å². The van der Waals surface area contributed by atoms with E-state index in [2.05, 4.69) is 52.0 Å². The Labute approximate surface area is 93.7 Å². The molecule has 0 aromatic heterocycles. The van der Waals surface area contributed by atoms with Crippen LogP contribution in [0.1, 0.15) is 45.2 Å². The minimum atomic E-state index is -0.218. The SMILES string of the molecule is CCCc1ccc(C(C)(N)C(C)C)cc1. The van der Waals surface area contributed by atoms with Crippen LogP contribution in [0.25, 0.3) is 0 Å². The Balaban J connectivity index is 2.88. The van der Waals surface area contributed by atoms with Gasteiger partial charge in [-0.1, -0.05) is 51.5 Å². The van der Waals surface area contributed by atoms with Crippen molar-refractivity contribution in [1.82, 2.24) is 0 Å². The van der Waals surface area contributed by atoms with Crippen LogP contribution in [0, 0.1) is 5.92 Å². The van der Waals surface area contributed by atoms with E-state index in [-0.39, 0.29) is 5.54 Å². The summed E-state index contributed by atoms with van der Waals surface area (Å²) >= 11 is 0. The first-order valence-electron chi connectivity index (χ1n) is 5.86. The smallest absolute Gasteiger partial charge is 0.0404 e. The Morgan fingerprint density at radius 1 is 1.20 bits per heavy atom. The van der Waals surface area contributed by atoms with Crippen molar-refractivity contribution in [3.63, 3.8) is 0 Å². The van der Waals surface area contributed by atoms with E-state index in [0.717, 1.165) is 6.42 Å². The zero-order valence-corrected chi connectivity index (χ0v) is 10.4. The van der Waals surface area contributed by atoms with Gasteiger partial charge in [0.25, 0.3) is 0 Å². The molecule has 0 radical (unpaired) electrons. The highest BCUT2D eigenvalue weighted by Crippen LogP contribution is 2.26. The fourth-order valence-corrected chi connectivity index (χ4v) is 1.65. The molecular weight excluding hydrogens is 182 g/mol. The number of hydrogen-bond acceptors (Lipinski definition) is 1. The number of aryl methyl sites for hydroxylation is 1. The van der Waals surface area contributed by atoms with Gasteiger partial charge < -0.3 is 5.73 Å². The van der Waals surface area contributed by atoms with Gasteiger partial charge in [0.15, 0.2) is 0 Å². The van der Waals surface area contributed by atoms with Crippen molar-refractivity contribution in [3.8, 4) is 0 Å². The van der Waals surface area contributed by atoms with E-state index in [1.807, 2.05) is 0 Å². The number of nitrogens with two attached hydrogens (primary N) is 1. The molecule has 1 aromatic rings. The summed E-state index contributed by atoms with van der Waals surface area (Å²) in [5.74, 6) is 0.453. The highest BCUT2D eigenvalue weighted by atomic mass is 14.7. The van der Waals surface area contributed by atoms with Crippen LogP contribution in [-0.4, -0.2) is 0 Å². The van der Waals surface area contributed by atoms with Gasteiger partial charge in [-0.25, -0.2) is 0 Å². The van der Waals surface area contributed by atoms with Crippen molar-refractivity contribution in [1.29, 1.82) is 0 Å². The molecule has 0 aliphatic rings. The Morgan fingerprint density at radius 2 is 1.73 bits per heavy atom. The Hall–Kier alpha value is -0.820. The first-order valence-corrected chi connectivity index (χ1v) is 5.86. The van der Waals surface area contributed by atoms with Gasteiger partial charge >= 0.3 is 0 Å². The molecule has 0 amide bonds. The lowest BCUT2D eigenvalue weighted by molar-refractivity contribution is 0.350. The van der Waals surface area contributed by atoms with E-state index in [1.54, 1.807) is 0 Å². The quantitative estimate of drug-likeness (QED) is 0.800. The zero-order valence-electron chi connectivity index (χ0n) is 10.4. The fraction of sp³-hybridized carbons (Fsp3) is 0.571. The average Bonchev–Trinajstić information content (AvgIpc) is 2.19. The van der Waals surface area contributed by atoms with E-state index >= 15 is 0 Å². The van der Waals surface area contributed by atoms with Crippen LogP contribution in [-0.2, 0) is 12.0 Å². The second kappa shape index (κ2) is 4.80. The second-order valence-electron chi connectivity index (χ2n) is 4.88. The van der Waals surface area contributed by atoms with Gasteiger partial charge in [-0.05, 0) is 30.4 Å². The maximum atomic E-state index is 6.30. The van der Waals surface area contributed by atoms with E-state index in [0.29, 0.717) is 5.92 Å². The van der Waals surface area contributed by atoms with Crippen LogP contribution in [0.15, 0.2) is 24.3 Å². The second-order valence-corrected chi connectivity index (χ2v) is 4.88. The van der Waals surface area contributed by atoms with Crippen LogP contribution in [0.4, 0.5) is 0 Å². The maximum Gasteiger partial charge on any atom is 0.0404 e. The summed E-state index contributed by atoms with van der Waals surface area (Å²) in [5, 5.41) is 0. The third-order valence-electron chi connectivity index (χ3n) is 3.31. The van der Waals surface area contributed by atoms with Crippen molar-refractivity contribution in [2.45, 2.75) is 46.1 Å². The van der Waals surface area contributed by atoms with Gasteiger partial charge in [0.2, 0.25) is 0 Å². The lowest BCUT2D eigenvalue weighted by atomic mass is 9.82. The van der Waals surface area contributed by atoms with Crippen molar-refractivity contribution in [2.24, 2.45) is 11.7 Å². The minimum absolute atomic E-state index is 0.218. The Bertz CT molecular complexity index is 296. The number of benzene rings is 1. The molecule has 0 saturated carbocycles. The summed E-state index contributed by atoms with van der Waals surface area (Å²) in [5.41, 5.74) is 8.72. The molecule has 0 spiro atoms. The summed E-state index contributed by atoms with van der Waals surface area (Å²) in [4.78, 5) is 0. The highest BCUT2D eigenvalue weighted by Gasteiger charge is 2.24. The molecule has 0 heterocycles. The Kier molecular flexibility index (Phi) is 3.92.